The van der Waals surface area contributed by atoms with Crippen LogP contribution in [-0.2, 0) is 12.8 Å². The summed E-state index contributed by atoms with van der Waals surface area (Å²) in [4.78, 5) is 19.0. The molecule has 2 aromatic rings. The zero-order chi connectivity index (χ0) is 36.1. The van der Waals surface area contributed by atoms with Crippen molar-refractivity contribution in [2.45, 2.75) is 188 Å². The monoisotopic (exact) mass is 914 g/mol. The van der Waals surface area contributed by atoms with Gasteiger partial charge in [0.2, 0.25) is 0 Å². The standard InChI is InChI=1S/C38H64S2.6CH3.2Sn/c1-29(2)13-9-15-31(5)17-11-19-33(7)21-23-35-25-37(39-27-35)38-26-36(28-40-38)24-22-34(8)20-12-18-32(6)16-10-14-30(3)4;;;;;;;;/h25-26,29-34H,9-24H2,1-8H3;6*1H3;;. The van der Waals surface area contributed by atoms with E-state index >= 15 is 0 Å². The van der Waals surface area contributed by atoms with Crippen LogP contribution in [-0.4, -0.2) is 36.8 Å². The minimum atomic E-state index is -2.22. The Morgan fingerprint density at radius 2 is 0.688 bits per heavy atom. The second-order valence-corrected chi connectivity index (χ2v) is 52.2. The minimum absolute atomic E-state index is 0.837. The maximum atomic E-state index is 2.67. The second kappa shape index (κ2) is 22.3. The molecule has 2 rings (SSSR count). The Bertz CT molecular complexity index is 1050. The molecule has 0 aliphatic carbocycles. The molecule has 4 atom stereocenters. The maximum absolute atomic E-state index is 2.67. The Morgan fingerprint density at radius 1 is 0.417 bits per heavy atom. The summed E-state index contributed by atoms with van der Waals surface area (Å²) in [7, 11) is 0. The summed E-state index contributed by atoms with van der Waals surface area (Å²) in [6, 6.07) is 5.35. The van der Waals surface area contributed by atoms with Gasteiger partial charge in [-0.05, 0) is 11.8 Å². The molecule has 4 heteroatoms. The summed E-state index contributed by atoms with van der Waals surface area (Å²) in [5.74, 6) is 5.19. The van der Waals surface area contributed by atoms with Gasteiger partial charge in [0.05, 0.1) is 0 Å². The van der Waals surface area contributed by atoms with Crippen molar-refractivity contribution in [3.05, 3.63) is 23.3 Å². The van der Waals surface area contributed by atoms with Crippen LogP contribution >= 0.6 is 22.7 Å². The second-order valence-electron chi connectivity index (χ2n) is 19.4. The Balaban J connectivity index is 2.02. The number of rotatable bonds is 25. The first-order valence-corrected chi connectivity index (χ1v) is 42.2. The van der Waals surface area contributed by atoms with Crippen molar-refractivity contribution >= 4 is 65.2 Å². The van der Waals surface area contributed by atoms with Gasteiger partial charge in [-0.2, -0.15) is 0 Å². The Kier molecular flexibility index (Phi) is 20.9. The molecule has 4 unspecified atom stereocenters. The number of aryl methyl sites for hydroxylation is 2. The zero-order valence-electron chi connectivity index (χ0n) is 34.7. The average molecular weight is 913 g/mol. The van der Waals surface area contributed by atoms with E-state index in [1.165, 1.54) is 103 Å². The zero-order valence-corrected chi connectivity index (χ0v) is 42.1. The molecule has 0 aliphatic rings. The third-order valence-corrected chi connectivity index (χ3v) is 32.5. The molecule has 2 aromatic heterocycles. The number of hydrogen-bond acceptors (Lipinski definition) is 2. The molecular weight excluding hydrogens is 830 g/mol. The SMILES string of the molecule is CC(C)CCCC(C)CCCC(C)CCc1cc(-c2cc(CCC(C)CCCC(C)CCCC(C)C)[c]([Sn]([CH3])([CH3])[CH3])s2)s[c]1[Sn]([CH3])([CH3])[CH3]. The van der Waals surface area contributed by atoms with Gasteiger partial charge in [-0.25, -0.2) is 0 Å². The van der Waals surface area contributed by atoms with Crippen molar-refractivity contribution < 1.29 is 0 Å². The van der Waals surface area contributed by atoms with Gasteiger partial charge < -0.3 is 0 Å². The molecule has 0 nitrogen and oxygen atoms in total. The summed E-state index contributed by atoms with van der Waals surface area (Å²) in [6.07, 6.45) is 22.3. The number of thiophene rings is 2. The molecule has 0 N–H and O–H groups in total. The summed E-state index contributed by atoms with van der Waals surface area (Å²) in [6.45, 7) is 19.5. The van der Waals surface area contributed by atoms with E-state index in [0.29, 0.717) is 0 Å². The fraction of sp³-hybridized carbons (Fsp3) is 0.818. The first-order chi connectivity index (χ1) is 22.4. The summed E-state index contributed by atoms with van der Waals surface area (Å²) in [5, 5.41) is 0. The summed E-state index contributed by atoms with van der Waals surface area (Å²) < 4.78 is 3.68. The Labute approximate surface area is 318 Å². The molecular formula is C44H82S2Sn2. The van der Waals surface area contributed by atoms with Gasteiger partial charge in [0.15, 0.2) is 0 Å². The van der Waals surface area contributed by atoms with Crippen molar-refractivity contribution in [2.24, 2.45) is 35.5 Å². The predicted octanol–water partition coefficient (Wildman–Crippen LogP) is 15.0. The molecule has 0 aromatic carbocycles. The number of hydrogen-bond donors (Lipinski definition) is 0. The van der Waals surface area contributed by atoms with Crippen LogP contribution in [0.25, 0.3) is 9.75 Å². The van der Waals surface area contributed by atoms with Crippen LogP contribution < -0.4 is 5.79 Å². The average Bonchev–Trinajstić information content (AvgIpc) is 3.59. The predicted molar refractivity (Wildman–Crippen MR) is 232 cm³/mol. The van der Waals surface area contributed by atoms with E-state index < -0.39 is 36.8 Å². The molecule has 0 fully saturated rings. The fourth-order valence-electron chi connectivity index (χ4n) is 7.50. The fourth-order valence-corrected chi connectivity index (χ4v) is 23.9. The Hall–Kier alpha value is 0.997. The van der Waals surface area contributed by atoms with Crippen molar-refractivity contribution in [2.75, 3.05) is 0 Å². The van der Waals surface area contributed by atoms with Crippen LogP contribution in [0.4, 0.5) is 0 Å². The van der Waals surface area contributed by atoms with E-state index in [1.54, 1.807) is 20.9 Å². The first-order valence-electron chi connectivity index (χ1n) is 20.6. The van der Waals surface area contributed by atoms with E-state index in [1.807, 2.05) is 5.79 Å². The third-order valence-electron chi connectivity index (χ3n) is 10.8. The quantitative estimate of drug-likeness (QED) is 0.0871. The van der Waals surface area contributed by atoms with Gasteiger partial charge in [-0.15, -0.1) is 0 Å². The molecule has 0 radical (unpaired) electrons. The molecule has 2 heterocycles. The van der Waals surface area contributed by atoms with Gasteiger partial charge in [-0.1, -0.05) is 27.7 Å². The molecule has 0 saturated carbocycles. The van der Waals surface area contributed by atoms with Gasteiger partial charge in [0.1, 0.15) is 0 Å². The van der Waals surface area contributed by atoms with Crippen LogP contribution in [0.15, 0.2) is 12.1 Å². The van der Waals surface area contributed by atoms with Gasteiger partial charge in [0.25, 0.3) is 0 Å². The van der Waals surface area contributed by atoms with Gasteiger partial charge >= 0.3 is 282 Å². The normalized spacial score (nSPS) is 15.4. The van der Waals surface area contributed by atoms with Crippen LogP contribution in [0.2, 0.25) is 29.6 Å². The molecule has 0 spiro atoms. The molecule has 0 bridgehead atoms. The molecule has 278 valence electrons. The molecule has 0 saturated heterocycles. The molecule has 0 aliphatic heterocycles. The van der Waals surface area contributed by atoms with E-state index in [9.17, 15) is 0 Å². The van der Waals surface area contributed by atoms with E-state index in [0.717, 1.165) is 35.5 Å². The van der Waals surface area contributed by atoms with E-state index in [-0.39, 0.29) is 0 Å². The topological polar surface area (TPSA) is 0 Å². The van der Waals surface area contributed by atoms with Crippen LogP contribution in [0.1, 0.15) is 156 Å². The van der Waals surface area contributed by atoms with Crippen molar-refractivity contribution in [1.82, 2.24) is 0 Å². The van der Waals surface area contributed by atoms with E-state index in [2.05, 4.69) is 120 Å². The molecule has 48 heavy (non-hydrogen) atoms. The van der Waals surface area contributed by atoms with Gasteiger partial charge in [0, 0.05) is 0 Å². The van der Waals surface area contributed by atoms with Crippen LogP contribution in [0.3, 0.4) is 0 Å². The Morgan fingerprint density at radius 3 is 0.958 bits per heavy atom. The first kappa shape index (κ1) is 45.2. The van der Waals surface area contributed by atoms with Gasteiger partial charge in [-0.3, -0.25) is 0 Å². The van der Waals surface area contributed by atoms with E-state index in [4.69, 9.17) is 0 Å². The summed E-state index contributed by atoms with van der Waals surface area (Å²) in [5.41, 5.74) is 3.46. The van der Waals surface area contributed by atoms with Crippen molar-refractivity contribution in [3.8, 4) is 9.75 Å². The van der Waals surface area contributed by atoms with Crippen LogP contribution in [0, 0.1) is 35.5 Å². The third kappa shape index (κ3) is 17.7. The summed E-state index contributed by atoms with van der Waals surface area (Å²) >= 11 is -0.0164. The van der Waals surface area contributed by atoms with Crippen molar-refractivity contribution in [1.29, 1.82) is 0 Å². The van der Waals surface area contributed by atoms with Crippen molar-refractivity contribution in [3.63, 3.8) is 0 Å². The van der Waals surface area contributed by atoms with Crippen LogP contribution in [0.5, 0.6) is 0 Å². The molecule has 0 amide bonds.